The number of hydrogen-bond donors (Lipinski definition) is 1. The molecule has 1 N–H and O–H groups in total. The van der Waals surface area contributed by atoms with Gasteiger partial charge >= 0.3 is 0 Å². The van der Waals surface area contributed by atoms with Crippen LogP contribution in [-0.4, -0.2) is 22.6 Å². The molecule has 1 aliphatic carbocycles. The Hall–Kier alpha value is -1.61. The summed E-state index contributed by atoms with van der Waals surface area (Å²) in [5, 5.41) is 3.59. The van der Waals surface area contributed by atoms with Crippen molar-refractivity contribution in [3.63, 3.8) is 0 Å². The number of aromatic nitrogens is 2. The Bertz CT molecular complexity index is 504. The molecule has 1 atom stereocenters. The third-order valence-electron chi connectivity index (χ3n) is 3.99. The summed E-state index contributed by atoms with van der Waals surface area (Å²) in [4.78, 5) is 4.06. The van der Waals surface area contributed by atoms with Gasteiger partial charge < -0.3 is 9.88 Å². The van der Waals surface area contributed by atoms with Crippen LogP contribution < -0.4 is 5.32 Å². The van der Waals surface area contributed by atoms with Gasteiger partial charge in [0.05, 0.1) is 6.33 Å². The molecule has 0 spiro atoms. The predicted molar refractivity (Wildman–Crippen MR) is 77.2 cm³/mol. The molecule has 100 valence electrons. The lowest BCUT2D eigenvalue weighted by Crippen LogP contribution is -2.27. The van der Waals surface area contributed by atoms with Crippen LogP contribution in [0.5, 0.6) is 0 Å². The SMILES string of the molecule is c1ccc2c(c1)CCCC2CNCCn1ccnc1. The van der Waals surface area contributed by atoms with Gasteiger partial charge in [-0.15, -0.1) is 0 Å². The van der Waals surface area contributed by atoms with Crippen molar-refractivity contribution < 1.29 is 0 Å². The van der Waals surface area contributed by atoms with Crippen molar-refractivity contribution in [1.82, 2.24) is 14.9 Å². The molecule has 1 aromatic carbocycles. The summed E-state index contributed by atoms with van der Waals surface area (Å²) in [6.07, 6.45) is 9.61. The minimum atomic E-state index is 0.688. The summed E-state index contributed by atoms with van der Waals surface area (Å²) in [6, 6.07) is 8.92. The van der Waals surface area contributed by atoms with Gasteiger partial charge in [-0.3, -0.25) is 0 Å². The van der Waals surface area contributed by atoms with E-state index in [0.29, 0.717) is 5.92 Å². The second-order valence-corrected chi connectivity index (χ2v) is 5.29. The predicted octanol–water partition coefficient (Wildman–Crippen LogP) is 2.59. The molecule has 3 rings (SSSR count). The number of nitrogens with zero attached hydrogens (tertiary/aromatic N) is 2. The first-order valence-corrected chi connectivity index (χ1v) is 7.18. The summed E-state index contributed by atoms with van der Waals surface area (Å²) in [5.74, 6) is 0.688. The lowest BCUT2D eigenvalue weighted by Gasteiger charge is -2.25. The van der Waals surface area contributed by atoms with Crippen LogP contribution in [0.15, 0.2) is 43.0 Å². The molecule has 0 saturated carbocycles. The molecule has 0 amide bonds. The van der Waals surface area contributed by atoms with Gasteiger partial charge in [0.25, 0.3) is 0 Å². The van der Waals surface area contributed by atoms with Crippen LogP contribution in [-0.2, 0) is 13.0 Å². The number of fused-ring (bicyclic) bond motifs is 1. The highest BCUT2D eigenvalue weighted by Gasteiger charge is 2.18. The number of rotatable bonds is 5. The quantitative estimate of drug-likeness (QED) is 0.832. The largest absolute Gasteiger partial charge is 0.336 e. The van der Waals surface area contributed by atoms with Crippen molar-refractivity contribution in [1.29, 1.82) is 0 Å². The van der Waals surface area contributed by atoms with Gasteiger partial charge in [-0.1, -0.05) is 24.3 Å². The van der Waals surface area contributed by atoms with Gasteiger partial charge in [0.2, 0.25) is 0 Å². The van der Waals surface area contributed by atoms with E-state index in [1.165, 1.54) is 19.3 Å². The highest BCUT2D eigenvalue weighted by molar-refractivity contribution is 5.32. The summed E-state index contributed by atoms with van der Waals surface area (Å²) >= 11 is 0. The normalized spacial score (nSPS) is 18.2. The molecule has 19 heavy (non-hydrogen) atoms. The van der Waals surface area contributed by atoms with E-state index in [0.717, 1.165) is 19.6 Å². The number of benzene rings is 1. The molecule has 3 nitrogen and oxygen atoms in total. The van der Waals surface area contributed by atoms with Gasteiger partial charge in [0, 0.05) is 32.0 Å². The van der Waals surface area contributed by atoms with Crippen molar-refractivity contribution in [2.24, 2.45) is 0 Å². The highest BCUT2D eigenvalue weighted by atomic mass is 15.0. The van der Waals surface area contributed by atoms with Crippen LogP contribution in [0.3, 0.4) is 0 Å². The van der Waals surface area contributed by atoms with Crippen molar-refractivity contribution in [3.05, 3.63) is 54.1 Å². The van der Waals surface area contributed by atoms with Gasteiger partial charge in [0.1, 0.15) is 0 Å². The fraction of sp³-hybridized carbons (Fsp3) is 0.438. The average Bonchev–Trinajstić information content (AvgIpc) is 2.97. The number of imidazole rings is 1. The van der Waals surface area contributed by atoms with Crippen LogP contribution in [0.25, 0.3) is 0 Å². The first-order valence-electron chi connectivity index (χ1n) is 7.18. The summed E-state index contributed by atoms with van der Waals surface area (Å²) < 4.78 is 2.11. The van der Waals surface area contributed by atoms with Crippen molar-refractivity contribution in [2.75, 3.05) is 13.1 Å². The van der Waals surface area contributed by atoms with E-state index >= 15 is 0 Å². The van der Waals surface area contributed by atoms with Gasteiger partial charge in [-0.25, -0.2) is 4.98 Å². The molecule has 1 aliphatic rings. The molecule has 2 aromatic rings. The topological polar surface area (TPSA) is 29.9 Å². The molecule has 1 heterocycles. The van der Waals surface area contributed by atoms with Crippen LogP contribution in [0.1, 0.15) is 29.9 Å². The van der Waals surface area contributed by atoms with E-state index in [4.69, 9.17) is 0 Å². The Labute approximate surface area is 114 Å². The summed E-state index contributed by atoms with van der Waals surface area (Å²) in [7, 11) is 0. The number of hydrogen-bond acceptors (Lipinski definition) is 2. The van der Waals surface area contributed by atoms with E-state index in [2.05, 4.69) is 39.1 Å². The lowest BCUT2D eigenvalue weighted by atomic mass is 9.83. The van der Waals surface area contributed by atoms with Gasteiger partial charge in [-0.05, 0) is 36.3 Å². The van der Waals surface area contributed by atoms with Crippen molar-refractivity contribution in [2.45, 2.75) is 31.7 Å². The van der Waals surface area contributed by atoms with E-state index in [1.54, 1.807) is 11.1 Å². The molecule has 3 heteroatoms. The van der Waals surface area contributed by atoms with Crippen molar-refractivity contribution >= 4 is 0 Å². The van der Waals surface area contributed by atoms with Crippen molar-refractivity contribution in [3.8, 4) is 0 Å². The van der Waals surface area contributed by atoms with Crippen LogP contribution in [0.2, 0.25) is 0 Å². The second-order valence-electron chi connectivity index (χ2n) is 5.29. The van der Waals surface area contributed by atoms with E-state index in [-0.39, 0.29) is 0 Å². The van der Waals surface area contributed by atoms with Crippen LogP contribution in [0, 0.1) is 0 Å². The molecule has 0 aliphatic heterocycles. The number of aryl methyl sites for hydroxylation is 1. The fourth-order valence-electron chi connectivity index (χ4n) is 2.97. The maximum Gasteiger partial charge on any atom is 0.0946 e. The Balaban J connectivity index is 1.51. The zero-order valence-corrected chi connectivity index (χ0v) is 11.3. The maximum atomic E-state index is 4.06. The standard InChI is InChI=1S/C16H21N3/c1-2-7-16-14(4-1)5-3-6-15(16)12-17-8-10-19-11-9-18-13-19/h1-2,4,7,9,11,13,15,17H,3,5-6,8,10,12H2. The molecule has 0 bridgehead atoms. The fourth-order valence-corrected chi connectivity index (χ4v) is 2.97. The Kier molecular flexibility index (Phi) is 3.94. The summed E-state index contributed by atoms with van der Waals surface area (Å²) in [5.41, 5.74) is 3.11. The Morgan fingerprint density at radius 1 is 1.32 bits per heavy atom. The molecule has 0 radical (unpaired) electrons. The maximum absolute atomic E-state index is 4.06. The Morgan fingerprint density at radius 3 is 3.16 bits per heavy atom. The number of nitrogens with one attached hydrogen (secondary N) is 1. The zero-order chi connectivity index (χ0) is 12.9. The van der Waals surface area contributed by atoms with E-state index in [1.807, 2.05) is 18.7 Å². The molecule has 0 saturated heterocycles. The molecular weight excluding hydrogens is 234 g/mol. The van der Waals surface area contributed by atoms with Gasteiger partial charge in [0.15, 0.2) is 0 Å². The van der Waals surface area contributed by atoms with Crippen LogP contribution in [0.4, 0.5) is 0 Å². The molecule has 1 aromatic heterocycles. The lowest BCUT2D eigenvalue weighted by molar-refractivity contribution is 0.494. The van der Waals surface area contributed by atoms with E-state index in [9.17, 15) is 0 Å². The second kappa shape index (κ2) is 6.02. The first kappa shape index (κ1) is 12.4. The molecule has 0 fully saturated rings. The van der Waals surface area contributed by atoms with Gasteiger partial charge in [-0.2, -0.15) is 0 Å². The monoisotopic (exact) mass is 255 g/mol. The smallest absolute Gasteiger partial charge is 0.0946 e. The third-order valence-corrected chi connectivity index (χ3v) is 3.99. The first-order chi connectivity index (χ1) is 9.43. The average molecular weight is 255 g/mol. The minimum Gasteiger partial charge on any atom is -0.336 e. The molecule has 1 unspecified atom stereocenters. The zero-order valence-electron chi connectivity index (χ0n) is 11.3. The highest BCUT2D eigenvalue weighted by Crippen LogP contribution is 2.30. The Morgan fingerprint density at radius 2 is 2.26 bits per heavy atom. The van der Waals surface area contributed by atoms with Crippen LogP contribution >= 0.6 is 0 Å². The summed E-state index contributed by atoms with van der Waals surface area (Å²) in [6.45, 7) is 3.09. The third kappa shape index (κ3) is 3.04. The van der Waals surface area contributed by atoms with E-state index < -0.39 is 0 Å². The molecular formula is C16H21N3. The minimum absolute atomic E-state index is 0.688.